The van der Waals surface area contributed by atoms with E-state index in [-0.39, 0.29) is 17.9 Å². The van der Waals surface area contributed by atoms with Crippen LogP contribution >= 0.6 is 0 Å². The number of anilines is 1. The molecule has 31 heavy (non-hydrogen) atoms. The summed E-state index contributed by atoms with van der Waals surface area (Å²) in [6.45, 7) is 0. The van der Waals surface area contributed by atoms with Gasteiger partial charge in [0.1, 0.15) is 5.75 Å². The first-order chi connectivity index (χ1) is 15.1. The van der Waals surface area contributed by atoms with Gasteiger partial charge in [0.15, 0.2) is 0 Å². The number of aryl methyl sites for hydroxylation is 1. The van der Waals surface area contributed by atoms with Crippen molar-refractivity contribution in [2.24, 2.45) is 5.92 Å². The molecule has 1 aliphatic rings. The standard InChI is InChI=1S/C26H27NO3S/c1-30-22-15-11-20(12-16-22)25-24(10-6-9-19-7-4-3-5-8-19)26(28)27(25)21-13-17-23(18-14-21)31(2)29/h3-5,7-8,11-18,24-25H,6,9-10H2,1-2H3/t24-,25-,31?/m0/s1. The van der Waals surface area contributed by atoms with Gasteiger partial charge < -0.3 is 9.64 Å². The molecule has 0 saturated carbocycles. The highest BCUT2D eigenvalue weighted by Gasteiger charge is 2.48. The molecule has 0 spiro atoms. The number of hydrogen-bond acceptors (Lipinski definition) is 3. The number of carbonyl (C=O) groups excluding carboxylic acids is 1. The van der Waals surface area contributed by atoms with Crippen molar-refractivity contribution in [1.29, 1.82) is 0 Å². The highest BCUT2D eigenvalue weighted by molar-refractivity contribution is 7.84. The summed E-state index contributed by atoms with van der Waals surface area (Å²) in [5.74, 6) is 0.910. The van der Waals surface area contributed by atoms with Gasteiger partial charge >= 0.3 is 0 Å². The molecule has 1 heterocycles. The van der Waals surface area contributed by atoms with Crippen molar-refractivity contribution in [2.45, 2.75) is 30.2 Å². The second kappa shape index (κ2) is 9.48. The van der Waals surface area contributed by atoms with Crippen molar-refractivity contribution in [3.63, 3.8) is 0 Å². The van der Waals surface area contributed by atoms with Crippen LogP contribution in [0.2, 0.25) is 0 Å². The molecule has 0 bridgehead atoms. The number of amides is 1. The normalized spacial score (nSPS) is 19.0. The first-order valence-corrected chi connectivity index (χ1v) is 12.1. The number of hydrogen-bond donors (Lipinski definition) is 0. The van der Waals surface area contributed by atoms with E-state index in [9.17, 15) is 9.00 Å². The van der Waals surface area contributed by atoms with Crippen LogP contribution in [0.5, 0.6) is 5.75 Å². The van der Waals surface area contributed by atoms with Gasteiger partial charge in [-0.05, 0) is 66.8 Å². The van der Waals surface area contributed by atoms with E-state index < -0.39 is 10.8 Å². The van der Waals surface area contributed by atoms with E-state index in [2.05, 4.69) is 24.3 Å². The van der Waals surface area contributed by atoms with Crippen LogP contribution < -0.4 is 9.64 Å². The van der Waals surface area contributed by atoms with Gasteiger partial charge in [-0.15, -0.1) is 0 Å². The molecule has 1 amide bonds. The number of benzene rings is 3. The summed E-state index contributed by atoms with van der Waals surface area (Å²) in [7, 11) is 0.614. The zero-order chi connectivity index (χ0) is 21.8. The topological polar surface area (TPSA) is 46.6 Å². The maximum atomic E-state index is 13.2. The molecule has 1 unspecified atom stereocenters. The van der Waals surface area contributed by atoms with E-state index in [1.165, 1.54) is 5.56 Å². The molecule has 5 heteroatoms. The summed E-state index contributed by atoms with van der Waals surface area (Å²) in [4.78, 5) is 15.8. The van der Waals surface area contributed by atoms with Gasteiger partial charge in [0.05, 0.1) is 19.1 Å². The average molecular weight is 434 g/mol. The van der Waals surface area contributed by atoms with Gasteiger partial charge in [-0.25, -0.2) is 0 Å². The van der Waals surface area contributed by atoms with Crippen LogP contribution in [0.25, 0.3) is 0 Å². The smallest absolute Gasteiger partial charge is 0.233 e. The van der Waals surface area contributed by atoms with Crippen LogP contribution in [0, 0.1) is 5.92 Å². The van der Waals surface area contributed by atoms with Crippen LogP contribution in [-0.2, 0) is 22.0 Å². The Morgan fingerprint density at radius 2 is 1.61 bits per heavy atom. The summed E-state index contributed by atoms with van der Waals surface area (Å²) in [6, 6.07) is 25.8. The molecule has 0 aliphatic carbocycles. The maximum Gasteiger partial charge on any atom is 0.233 e. The Morgan fingerprint density at radius 3 is 2.23 bits per heavy atom. The van der Waals surface area contributed by atoms with Crippen molar-refractivity contribution in [3.8, 4) is 5.75 Å². The van der Waals surface area contributed by atoms with Crippen molar-refractivity contribution >= 4 is 22.4 Å². The van der Waals surface area contributed by atoms with E-state index >= 15 is 0 Å². The summed E-state index contributed by atoms with van der Waals surface area (Å²) >= 11 is 0. The van der Waals surface area contributed by atoms with E-state index in [0.717, 1.165) is 41.2 Å². The Morgan fingerprint density at radius 1 is 0.935 bits per heavy atom. The fourth-order valence-corrected chi connectivity index (χ4v) is 4.79. The van der Waals surface area contributed by atoms with Crippen molar-refractivity contribution in [2.75, 3.05) is 18.3 Å². The highest BCUT2D eigenvalue weighted by atomic mass is 32.2. The largest absolute Gasteiger partial charge is 0.497 e. The summed E-state index contributed by atoms with van der Waals surface area (Å²) in [5.41, 5.74) is 3.25. The van der Waals surface area contributed by atoms with Gasteiger partial charge in [0.2, 0.25) is 5.91 Å². The SMILES string of the molecule is COc1ccc([C@H]2[C@H](CCCc3ccccc3)C(=O)N2c2ccc(S(C)=O)cc2)cc1. The number of methoxy groups -OCH3 is 1. The molecule has 0 radical (unpaired) electrons. The third kappa shape index (κ3) is 4.57. The fourth-order valence-electron chi connectivity index (χ4n) is 4.27. The first-order valence-electron chi connectivity index (χ1n) is 10.5. The summed E-state index contributed by atoms with van der Waals surface area (Å²) in [5, 5.41) is 0. The van der Waals surface area contributed by atoms with Gasteiger partial charge in [0, 0.05) is 27.6 Å². The van der Waals surface area contributed by atoms with Crippen molar-refractivity contribution in [3.05, 3.63) is 90.0 Å². The van der Waals surface area contributed by atoms with E-state index in [4.69, 9.17) is 4.74 Å². The fraction of sp³-hybridized carbons (Fsp3) is 0.269. The monoisotopic (exact) mass is 433 g/mol. The third-order valence-corrected chi connectivity index (χ3v) is 6.88. The Labute approximate surface area is 186 Å². The van der Waals surface area contributed by atoms with Crippen LogP contribution in [0.4, 0.5) is 5.69 Å². The average Bonchev–Trinajstić information content (AvgIpc) is 2.81. The molecular formula is C26H27NO3S. The predicted molar refractivity (Wildman–Crippen MR) is 125 cm³/mol. The molecule has 4 rings (SSSR count). The van der Waals surface area contributed by atoms with E-state index in [1.54, 1.807) is 13.4 Å². The maximum absolute atomic E-state index is 13.2. The second-order valence-corrected chi connectivity index (χ2v) is 9.24. The lowest BCUT2D eigenvalue weighted by molar-refractivity contribution is -0.130. The zero-order valence-corrected chi connectivity index (χ0v) is 18.7. The van der Waals surface area contributed by atoms with Crippen LogP contribution in [0.3, 0.4) is 0 Å². The molecule has 1 aliphatic heterocycles. The molecule has 3 aromatic rings. The van der Waals surface area contributed by atoms with Crippen LogP contribution in [-0.4, -0.2) is 23.5 Å². The molecule has 0 N–H and O–H groups in total. The molecule has 160 valence electrons. The van der Waals surface area contributed by atoms with Gasteiger partial charge in [-0.1, -0.05) is 42.5 Å². The molecule has 3 atom stereocenters. The lowest BCUT2D eigenvalue weighted by atomic mass is 9.78. The highest BCUT2D eigenvalue weighted by Crippen LogP contribution is 2.46. The van der Waals surface area contributed by atoms with Crippen molar-refractivity contribution < 1.29 is 13.7 Å². The molecule has 1 fully saturated rings. The minimum atomic E-state index is -1.04. The molecule has 1 saturated heterocycles. The van der Waals surface area contributed by atoms with Gasteiger partial charge in [0.25, 0.3) is 0 Å². The lowest BCUT2D eigenvalue weighted by Gasteiger charge is -2.47. The molecule has 4 nitrogen and oxygen atoms in total. The minimum Gasteiger partial charge on any atom is -0.497 e. The van der Waals surface area contributed by atoms with Crippen molar-refractivity contribution in [1.82, 2.24) is 0 Å². The molecule has 0 aromatic heterocycles. The summed E-state index contributed by atoms with van der Waals surface area (Å²) in [6.07, 6.45) is 4.44. The number of rotatable bonds is 8. The molecular weight excluding hydrogens is 406 g/mol. The number of carbonyl (C=O) groups is 1. The minimum absolute atomic E-state index is 0.00727. The van der Waals surface area contributed by atoms with E-state index in [0.29, 0.717) is 0 Å². The van der Waals surface area contributed by atoms with Gasteiger partial charge in [-0.3, -0.25) is 9.00 Å². The summed E-state index contributed by atoms with van der Waals surface area (Å²) < 4.78 is 17.0. The quantitative estimate of drug-likeness (QED) is 0.461. The zero-order valence-electron chi connectivity index (χ0n) is 17.9. The molecule has 3 aromatic carbocycles. The number of nitrogens with zero attached hydrogens (tertiary/aromatic N) is 1. The van der Waals surface area contributed by atoms with Gasteiger partial charge in [-0.2, -0.15) is 0 Å². The Bertz CT molecular complexity index is 1050. The first kappa shape index (κ1) is 21.3. The van der Waals surface area contributed by atoms with Crippen LogP contribution in [0.15, 0.2) is 83.8 Å². The lowest BCUT2D eigenvalue weighted by Crippen LogP contribution is -2.55. The Hall–Kier alpha value is -2.92. The third-order valence-electron chi connectivity index (χ3n) is 5.94. The van der Waals surface area contributed by atoms with Crippen LogP contribution in [0.1, 0.15) is 30.0 Å². The number of β-lactam (4-membered cyclic amide) rings is 1. The Kier molecular flexibility index (Phi) is 6.52. The Balaban J connectivity index is 1.55. The number of ether oxygens (including phenoxy) is 1. The van der Waals surface area contributed by atoms with E-state index in [1.807, 2.05) is 59.5 Å². The predicted octanol–water partition coefficient (Wildman–Crippen LogP) is 5.16. The second-order valence-electron chi connectivity index (χ2n) is 7.86.